The Bertz CT molecular complexity index is 1040. The first-order valence-corrected chi connectivity index (χ1v) is 9.76. The van der Waals surface area contributed by atoms with Gasteiger partial charge in [0.25, 0.3) is 0 Å². The third-order valence-electron chi connectivity index (χ3n) is 5.42. The lowest BCUT2D eigenvalue weighted by molar-refractivity contribution is 0.252. The first kappa shape index (κ1) is 17.5. The molecule has 0 aromatic carbocycles. The van der Waals surface area contributed by atoms with Crippen LogP contribution in [0.25, 0.3) is 11.3 Å². The Morgan fingerprint density at radius 1 is 1.21 bits per heavy atom. The lowest BCUT2D eigenvalue weighted by Crippen LogP contribution is -2.56. The number of nitrogens with one attached hydrogen (secondary N) is 1. The smallest absolute Gasteiger partial charge is 0.329 e. The molecular weight excluding hydrogens is 366 g/mol. The van der Waals surface area contributed by atoms with E-state index in [0.717, 1.165) is 48.6 Å². The van der Waals surface area contributed by atoms with Crippen molar-refractivity contribution in [3.05, 3.63) is 54.5 Å². The van der Waals surface area contributed by atoms with Gasteiger partial charge >= 0.3 is 6.03 Å². The Balaban J connectivity index is 1.55. The number of hydrogen-bond donors (Lipinski definition) is 1. The van der Waals surface area contributed by atoms with Crippen molar-refractivity contribution in [3.63, 3.8) is 0 Å². The second kappa shape index (κ2) is 7.12. The van der Waals surface area contributed by atoms with Gasteiger partial charge in [0.2, 0.25) is 0 Å². The molecule has 2 bridgehead atoms. The van der Waals surface area contributed by atoms with E-state index in [-0.39, 0.29) is 12.1 Å². The topological polar surface area (TPSA) is 87.1 Å². The van der Waals surface area contributed by atoms with Gasteiger partial charge in [-0.15, -0.1) is 5.10 Å². The maximum atomic E-state index is 13.2. The van der Waals surface area contributed by atoms with Crippen LogP contribution >= 0.6 is 0 Å². The van der Waals surface area contributed by atoms with Gasteiger partial charge < -0.3 is 4.90 Å². The summed E-state index contributed by atoms with van der Waals surface area (Å²) in [6.07, 6.45) is 5.39. The number of hydrogen-bond acceptors (Lipinski definition) is 6. The van der Waals surface area contributed by atoms with E-state index in [2.05, 4.69) is 31.5 Å². The number of aromatic nitrogens is 4. The summed E-state index contributed by atoms with van der Waals surface area (Å²) < 4.78 is 0. The number of urea groups is 1. The molecule has 8 nitrogen and oxygen atoms in total. The van der Waals surface area contributed by atoms with E-state index in [0.29, 0.717) is 11.6 Å². The molecule has 5 rings (SSSR count). The minimum atomic E-state index is -0.231. The summed E-state index contributed by atoms with van der Waals surface area (Å²) in [6.45, 7) is 3.75. The lowest BCUT2D eigenvalue weighted by atomic mass is 9.99. The summed E-state index contributed by atoms with van der Waals surface area (Å²) in [5, 5.41) is 10.7. The van der Waals surface area contributed by atoms with Crippen LogP contribution < -0.4 is 15.1 Å². The van der Waals surface area contributed by atoms with Crippen molar-refractivity contribution in [3.8, 4) is 11.3 Å². The number of pyridine rings is 2. The zero-order chi connectivity index (χ0) is 19.8. The van der Waals surface area contributed by atoms with Crippen molar-refractivity contribution < 1.29 is 4.79 Å². The molecule has 1 saturated heterocycles. The van der Waals surface area contributed by atoms with Gasteiger partial charge in [-0.2, -0.15) is 5.10 Å². The molecule has 0 spiro atoms. The van der Waals surface area contributed by atoms with Gasteiger partial charge in [0.05, 0.1) is 17.4 Å². The quantitative estimate of drug-likeness (QED) is 0.726. The predicted molar refractivity (Wildman–Crippen MR) is 111 cm³/mol. The molecule has 1 atom stereocenters. The number of aryl methyl sites for hydroxylation is 1. The van der Waals surface area contributed by atoms with E-state index in [4.69, 9.17) is 4.98 Å². The molecule has 2 aliphatic heterocycles. The maximum Gasteiger partial charge on any atom is 0.329 e. The number of carbonyl (C=O) groups excluding carboxylic acids is 1. The highest BCUT2D eigenvalue weighted by Crippen LogP contribution is 2.39. The molecule has 3 aromatic rings. The molecule has 0 saturated carbocycles. The van der Waals surface area contributed by atoms with Crippen molar-refractivity contribution in [2.24, 2.45) is 0 Å². The second-order valence-electron chi connectivity index (χ2n) is 7.38. The van der Waals surface area contributed by atoms with Crippen molar-refractivity contribution in [1.29, 1.82) is 0 Å². The van der Waals surface area contributed by atoms with Gasteiger partial charge in [-0.1, -0.05) is 0 Å². The standard InChI is InChI=1S/C21H21N7O/c1-14-6-7-15(12-22-14)17-8-9-18-20(24-17)28(16-4-3-11-27(18)13-16)21(29)25-19-5-2-10-23-26-19/h2,5-10,12,16H,3-4,11,13H2,1H3,(H,25,26,29)/t16-/m0/s1. The number of carbonyl (C=O) groups is 1. The number of rotatable bonds is 2. The highest BCUT2D eigenvalue weighted by Gasteiger charge is 2.38. The SMILES string of the molecule is Cc1ccc(-c2ccc3c(n2)N(C(=O)Nc2cccnn2)[C@H]2CCCN3C2)cn1. The Hall–Kier alpha value is -3.55. The number of fused-ring (bicyclic) bond motifs is 4. The average Bonchev–Trinajstić information content (AvgIpc) is 2.75. The monoisotopic (exact) mass is 387 g/mol. The summed E-state index contributed by atoms with van der Waals surface area (Å²) in [6, 6.07) is 11.3. The van der Waals surface area contributed by atoms with Crippen LogP contribution in [0.5, 0.6) is 0 Å². The molecule has 0 unspecified atom stereocenters. The fourth-order valence-electron chi connectivity index (χ4n) is 4.00. The summed E-state index contributed by atoms with van der Waals surface area (Å²) >= 11 is 0. The van der Waals surface area contributed by atoms with E-state index in [1.807, 2.05) is 31.3 Å². The van der Waals surface area contributed by atoms with Crippen molar-refractivity contribution in [1.82, 2.24) is 20.2 Å². The fraction of sp³-hybridized carbons (Fsp3) is 0.286. The maximum absolute atomic E-state index is 13.2. The highest BCUT2D eigenvalue weighted by molar-refractivity contribution is 6.04. The van der Waals surface area contributed by atoms with Crippen LogP contribution in [0.15, 0.2) is 48.8 Å². The molecule has 2 aliphatic rings. The van der Waals surface area contributed by atoms with Crippen LogP contribution in [0.1, 0.15) is 18.5 Å². The van der Waals surface area contributed by atoms with Crippen LogP contribution in [0.2, 0.25) is 0 Å². The molecule has 5 heterocycles. The number of nitrogens with zero attached hydrogens (tertiary/aromatic N) is 6. The molecule has 29 heavy (non-hydrogen) atoms. The van der Waals surface area contributed by atoms with Crippen LogP contribution in [0.3, 0.4) is 0 Å². The third kappa shape index (κ3) is 3.26. The van der Waals surface area contributed by atoms with Crippen LogP contribution in [0.4, 0.5) is 22.1 Å². The van der Waals surface area contributed by atoms with Gasteiger partial charge in [-0.3, -0.25) is 15.2 Å². The zero-order valence-electron chi connectivity index (χ0n) is 16.1. The molecule has 8 heteroatoms. The van der Waals surface area contributed by atoms with E-state index >= 15 is 0 Å². The fourth-order valence-corrected chi connectivity index (χ4v) is 4.00. The Morgan fingerprint density at radius 2 is 2.14 bits per heavy atom. The van der Waals surface area contributed by atoms with Crippen molar-refractivity contribution in [2.75, 3.05) is 28.2 Å². The molecule has 1 N–H and O–H groups in total. The van der Waals surface area contributed by atoms with Gasteiger partial charge in [0.15, 0.2) is 11.6 Å². The number of piperidine rings is 1. The van der Waals surface area contributed by atoms with Gasteiger partial charge in [-0.25, -0.2) is 9.78 Å². The first-order chi connectivity index (χ1) is 14.2. The largest absolute Gasteiger partial charge is 0.366 e. The van der Waals surface area contributed by atoms with E-state index < -0.39 is 0 Å². The zero-order valence-corrected chi connectivity index (χ0v) is 16.1. The van der Waals surface area contributed by atoms with E-state index in [1.54, 1.807) is 23.2 Å². The van der Waals surface area contributed by atoms with Gasteiger partial charge in [0, 0.05) is 36.7 Å². The number of amides is 2. The van der Waals surface area contributed by atoms with Gasteiger partial charge in [0.1, 0.15) is 0 Å². The highest BCUT2D eigenvalue weighted by atomic mass is 16.2. The molecule has 0 radical (unpaired) electrons. The Kier molecular flexibility index (Phi) is 4.31. The minimum absolute atomic E-state index is 0.0758. The summed E-state index contributed by atoms with van der Waals surface area (Å²) in [7, 11) is 0. The van der Waals surface area contributed by atoms with Crippen molar-refractivity contribution >= 4 is 23.4 Å². The Morgan fingerprint density at radius 3 is 2.93 bits per heavy atom. The van der Waals surface area contributed by atoms with Gasteiger partial charge in [-0.05, 0) is 56.2 Å². The molecule has 2 amide bonds. The van der Waals surface area contributed by atoms with Crippen LogP contribution in [-0.4, -0.2) is 45.3 Å². The predicted octanol–water partition coefficient (Wildman–Crippen LogP) is 3.26. The third-order valence-corrected chi connectivity index (χ3v) is 5.42. The molecule has 0 aliphatic carbocycles. The normalized spacial score (nSPS) is 17.6. The summed E-state index contributed by atoms with van der Waals surface area (Å²) in [5.41, 5.74) is 3.67. The minimum Gasteiger partial charge on any atom is -0.366 e. The second-order valence-corrected chi connectivity index (χ2v) is 7.38. The summed E-state index contributed by atoms with van der Waals surface area (Å²) in [5.74, 6) is 1.11. The summed E-state index contributed by atoms with van der Waals surface area (Å²) in [4.78, 5) is 26.6. The molecule has 146 valence electrons. The van der Waals surface area contributed by atoms with Crippen LogP contribution in [-0.2, 0) is 0 Å². The van der Waals surface area contributed by atoms with Crippen molar-refractivity contribution in [2.45, 2.75) is 25.8 Å². The lowest BCUT2D eigenvalue weighted by Gasteiger charge is -2.45. The number of anilines is 3. The average molecular weight is 387 g/mol. The molecular formula is C21H21N7O. The van der Waals surface area contributed by atoms with Crippen LogP contribution in [0, 0.1) is 6.92 Å². The Labute approximate surface area is 168 Å². The van der Waals surface area contributed by atoms with E-state index in [9.17, 15) is 4.79 Å². The van der Waals surface area contributed by atoms with E-state index in [1.165, 1.54) is 0 Å². The first-order valence-electron chi connectivity index (χ1n) is 9.76. The molecule has 1 fully saturated rings. The molecule has 3 aromatic heterocycles.